The predicted octanol–water partition coefficient (Wildman–Crippen LogP) is 1.57. The fourth-order valence-corrected chi connectivity index (χ4v) is 3.30. The Bertz CT molecular complexity index is 882. The quantitative estimate of drug-likeness (QED) is 0.866. The molecule has 2 heterocycles. The molecule has 27 heavy (non-hydrogen) atoms. The van der Waals surface area contributed by atoms with Crippen molar-refractivity contribution in [2.45, 2.75) is 33.1 Å². The molecule has 1 aromatic heterocycles. The van der Waals surface area contributed by atoms with Crippen molar-refractivity contribution in [1.29, 1.82) is 0 Å². The molecule has 0 aliphatic carbocycles. The van der Waals surface area contributed by atoms with Gasteiger partial charge in [-0.05, 0) is 18.1 Å². The highest BCUT2D eigenvalue weighted by atomic mass is 16.2. The van der Waals surface area contributed by atoms with Gasteiger partial charge in [-0.3, -0.25) is 14.4 Å². The lowest BCUT2D eigenvalue weighted by atomic mass is 10.1. The molecular weight excluding hydrogens is 344 g/mol. The summed E-state index contributed by atoms with van der Waals surface area (Å²) in [5, 5.41) is 0. The average molecular weight is 370 g/mol. The van der Waals surface area contributed by atoms with Crippen LogP contribution in [0.3, 0.4) is 0 Å². The third kappa shape index (κ3) is 4.72. The van der Waals surface area contributed by atoms with Gasteiger partial charge >= 0.3 is 0 Å². The third-order valence-corrected chi connectivity index (χ3v) is 4.81. The second-order valence-electron chi connectivity index (χ2n) is 7.39. The molecule has 1 aromatic carbocycles. The van der Waals surface area contributed by atoms with Crippen LogP contribution in [0, 0.1) is 5.92 Å². The monoisotopic (exact) mass is 370 g/mol. The number of nitrogens with one attached hydrogen (secondary N) is 1. The number of H-pyrrole nitrogens is 1. The van der Waals surface area contributed by atoms with Crippen LogP contribution in [0.25, 0.3) is 11.0 Å². The van der Waals surface area contributed by atoms with Gasteiger partial charge in [0.2, 0.25) is 11.8 Å². The second kappa shape index (κ2) is 8.33. The first-order valence-corrected chi connectivity index (χ1v) is 9.47. The first kappa shape index (κ1) is 19.1. The van der Waals surface area contributed by atoms with Gasteiger partial charge in [0.15, 0.2) is 0 Å². The molecule has 144 valence electrons. The van der Waals surface area contributed by atoms with E-state index >= 15 is 0 Å². The van der Waals surface area contributed by atoms with Crippen LogP contribution >= 0.6 is 0 Å². The Morgan fingerprint density at radius 1 is 1.07 bits per heavy atom. The van der Waals surface area contributed by atoms with Crippen LogP contribution in [0.5, 0.6) is 0 Å². The van der Waals surface area contributed by atoms with Gasteiger partial charge in [0, 0.05) is 45.4 Å². The molecule has 0 spiro atoms. The van der Waals surface area contributed by atoms with Gasteiger partial charge in [-0.15, -0.1) is 0 Å². The molecule has 0 radical (unpaired) electrons. The normalized spacial score (nSPS) is 14.8. The minimum atomic E-state index is -0.245. The van der Waals surface area contributed by atoms with E-state index in [1.165, 1.54) is 0 Å². The Kier molecular flexibility index (Phi) is 5.88. The number of nitrogens with zero attached hydrogens (tertiary/aromatic N) is 3. The van der Waals surface area contributed by atoms with Crippen LogP contribution in [-0.4, -0.2) is 57.8 Å². The fourth-order valence-electron chi connectivity index (χ4n) is 3.30. The number of aromatic nitrogens is 2. The first-order valence-electron chi connectivity index (χ1n) is 9.47. The molecule has 0 bridgehead atoms. The topological polar surface area (TPSA) is 86.4 Å². The van der Waals surface area contributed by atoms with E-state index in [-0.39, 0.29) is 23.8 Å². The lowest BCUT2D eigenvalue weighted by Gasteiger charge is -2.35. The van der Waals surface area contributed by atoms with Crippen molar-refractivity contribution in [2.75, 3.05) is 26.2 Å². The molecule has 2 aromatic rings. The van der Waals surface area contributed by atoms with Gasteiger partial charge in [0.1, 0.15) is 5.69 Å². The van der Waals surface area contributed by atoms with Crippen LogP contribution in [-0.2, 0) is 16.0 Å². The van der Waals surface area contributed by atoms with Crippen molar-refractivity contribution in [2.24, 2.45) is 5.92 Å². The number of para-hydroxylation sites is 2. The van der Waals surface area contributed by atoms with Gasteiger partial charge in [-0.2, -0.15) is 0 Å². The predicted molar refractivity (Wildman–Crippen MR) is 103 cm³/mol. The number of carbonyl (C=O) groups excluding carboxylic acids is 2. The maximum absolute atomic E-state index is 12.5. The highest BCUT2D eigenvalue weighted by Crippen LogP contribution is 2.11. The molecular formula is C20H26N4O3. The van der Waals surface area contributed by atoms with Gasteiger partial charge in [-0.1, -0.05) is 26.0 Å². The van der Waals surface area contributed by atoms with Gasteiger partial charge in [0.05, 0.1) is 11.0 Å². The number of piperazine rings is 1. The molecule has 0 atom stereocenters. The number of aryl methyl sites for hydroxylation is 1. The number of amides is 2. The maximum Gasteiger partial charge on any atom is 0.270 e. The van der Waals surface area contributed by atoms with Crippen molar-refractivity contribution in [3.8, 4) is 0 Å². The zero-order chi connectivity index (χ0) is 19.4. The third-order valence-electron chi connectivity index (χ3n) is 4.81. The molecule has 0 saturated carbocycles. The largest absolute Gasteiger partial charge is 0.339 e. The van der Waals surface area contributed by atoms with Crippen molar-refractivity contribution in [1.82, 2.24) is 19.8 Å². The molecule has 7 heteroatoms. The maximum atomic E-state index is 12.5. The van der Waals surface area contributed by atoms with Crippen LogP contribution in [0.2, 0.25) is 0 Å². The lowest BCUT2D eigenvalue weighted by Crippen LogP contribution is -2.50. The Labute approximate surface area is 158 Å². The van der Waals surface area contributed by atoms with Crippen molar-refractivity contribution >= 4 is 22.8 Å². The summed E-state index contributed by atoms with van der Waals surface area (Å²) in [5.41, 5.74) is 1.55. The fraction of sp³-hybridized carbons (Fsp3) is 0.500. The molecule has 7 nitrogen and oxygen atoms in total. The Morgan fingerprint density at radius 3 is 2.37 bits per heavy atom. The number of carbonyl (C=O) groups is 2. The summed E-state index contributed by atoms with van der Waals surface area (Å²) in [6.45, 7) is 6.30. The van der Waals surface area contributed by atoms with E-state index in [4.69, 9.17) is 0 Å². The summed E-state index contributed by atoms with van der Waals surface area (Å²) in [6.07, 6.45) is 1.10. The molecule has 3 rings (SSSR count). The molecule has 1 fully saturated rings. The summed E-state index contributed by atoms with van der Waals surface area (Å²) >= 11 is 0. The van der Waals surface area contributed by atoms with E-state index in [0.717, 1.165) is 5.52 Å². The van der Waals surface area contributed by atoms with E-state index in [9.17, 15) is 14.4 Å². The van der Waals surface area contributed by atoms with E-state index in [0.29, 0.717) is 56.1 Å². The number of aromatic amines is 1. The zero-order valence-corrected chi connectivity index (χ0v) is 15.9. The van der Waals surface area contributed by atoms with Crippen molar-refractivity contribution < 1.29 is 9.59 Å². The van der Waals surface area contributed by atoms with Crippen LogP contribution < -0.4 is 5.56 Å². The molecule has 1 saturated heterocycles. The average Bonchev–Trinajstić information content (AvgIpc) is 2.65. The number of hydrogen-bond donors (Lipinski definition) is 1. The smallest absolute Gasteiger partial charge is 0.270 e. The van der Waals surface area contributed by atoms with Crippen LogP contribution in [0.4, 0.5) is 0 Å². The summed E-state index contributed by atoms with van der Waals surface area (Å²) in [5.74, 6) is 0.494. The van der Waals surface area contributed by atoms with E-state index < -0.39 is 0 Å². The summed E-state index contributed by atoms with van der Waals surface area (Å²) in [6, 6.07) is 7.35. The van der Waals surface area contributed by atoms with Crippen LogP contribution in [0.15, 0.2) is 29.1 Å². The van der Waals surface area contributed by atoms with E-state index in [1.807, 2.05) is 36.9 Å². The summed E-state index contributed by atoms with van der Waals surface area (Å²) < 4.78 is 0. The number of fused-ring (bicyclic) bond motifs is 1. The Morgan fingerprint density at radius 2 is 1.70 bits per heavy atom. The van der Waals surface area contributed by atoms with E-state index in [1.54, 1.807) is 11.0 Å². The number of benzene rings is 1. The van der Waals surface area contributed by atoms with E-state index in [2.05, 4.69) is 9.97 Å². The van der Waals surface area contributed by atoms with Gasteiger partial charge in [-0.25, -0.2) is 4.98 Å². The summed E-state index contributed by atoms with van der Waals surface area (Å²) in [7, 11) is 0. The Hall–Kier alpha value is -2.70. The standard InChI is InChI=1S/C20H26N4O3/c1-14(2)13-19(26)24-11-9-23(10-12-24)18(25)8-7-17-20(27)22-16-6-4-3-5-15(16)21-17/h3-6,14H,7-13H2,1-2H3,(H,22,27). The zero-order valence-electron chi connectivity index (χ0n) is 15.9. The SMILES string of the molecule is CC(C)CC(=O)N1CCN(C(=O)CCc2nc3ccccc3[nH]c2=O)CC1. The van der Waals surface area contributed by atoms with Gasteiger partial charge in [0.25, 0.3) is 5.56 Å². The second-order valence-corrected chi connectivity index (χ2v) is 7.39. The lowest BCUT2D eigenvalue weighted by molar-refractivity contribution is -0.140. The Balaban J connectivity index is 1.54. The molecule has 1 aliphatic heterocycles. The molecule has 1 aliphatic rings. The first-order chi connectivity index (χ1) is 12.9. The molecule has 2 amide bonds. The highest BCUT2D eigenvalue weighted by Gasteiger charge is 2.24. The molecule has 1 N–H and O–H groups in total. The highest BCUT2D eigenvalue weighted by molar-refractivity contribution is 5.79. The van der Waals surface area contributed by atoms with Crippen LogP contribution in [0.1, 0.15) is 32.4 Å². The molecule has 0 unspecified atom stereocenters. The minimum absolute atomic E-state index is 0.000294. The van der Waals surface area contributed by atoms with Crippen molar-refractivity contribution in [3.63, 3.8) is 0 Å². The summed E-state index contributed by atoms with van der Waals surface area (Å²) in [4.78, 5) is 47.5. The number of hydrogen-bond acceptors (Lipinski definition) is 4. The van der Waals surface area contributed by atoms with Crippen molar-refractivity contribution in [3.05, 3.63) is 40.3 Å². The number of rotatable bonds is 5. The minimum Gasteiger partial charge on any atom is -0.339 e. The van der Waals surface area contributed by atoms with Gasteiger partial charge < -0.3 is 14.8 Å².